The van der Waals surface area contributed by atoms with E-state index < -0.39 is 0 Å². The topological polar surface area (TPSA) is 112 Å². The van der Waals surface area contributed by atoms with Gasteiger partial charge in [0.05, 0.1) is 46.0 Å². The second kappa shape index (κ2) is 14.3. The number of aliphatic hydroxyl groups excluding tert-OH is 1. The summed E-state index contributed by atoms with van der Waals surface area (Å²) in [6.45, 7) is 2.86. The molecule has 9 nitrogen and oxygen atoms in total. The summed E-state index contributed by atoms with van der Waals surface area (Å²) in [7, 11) is 1.57. The van der Waals surface area contributed by atoms with E-state index in [1.165, 1.54) is 0 Å². The number of hydrogen-bond donors (Lipinski definition) is 4. The van der Waals surface area contributed by atoms with E-state index in [9.17, 15) is 9.90 Å². The van der Waals surface area contributed by atoms with Gasteiger partial charge in [-0.25, -0.2) is 9.37 Å². The Morgan fingerprint density at radius 2 is 1.87 bits per heavy atom. The van der Waals surface area contributed by atoms with Gasteiger partial charge in [0.25, 0.3) is 0 Å². The van der Waals surface area contributed by atoms with Gasteiger partial charge < -0.3 is 25.8 Å². The molecule has 4 N–H and O–H groups in total. The molecule has 0 saturated carbocycles. The normalized spacial score (nSPS) is 18.2. The lowest BCUT2D eigenvalue weighted by Crippen LogP contribution is -2.35. The smallest absolute Gasteiger partial charge is 0.220 e. The zero-order chi connectivity index (χ0) is 32.2. The van der Waals surface area contributed by atoms with Crippen LogP contribution < -0.4 is 20.7 Å². The molecule has 2 saturated heterocycles. The molecule has 0 radical (unpaired) electrons. The monoisotopic (exact) mass is 664 g/mol. The third kappa shape index (κ3) is 7.11. The largest absolute Gasteiger partial charge is 0.481 e. The molecule has 0 spiro atoms. The second-order valence-corrected chi connectivity index (χ2v) is 12.3. The number of nitrogens with zero attached hydrogens (tertiary/aromatic N) is 3. The number of likely N-dealkylation sites (tertiary alicyclic amines) is 1. The minimum atomic E-state index is -0.372. The van der Waals surface area contributed by atoms with E-state index in [-0.39, 0.29) is 23.9 Å². The van der Waals surface area contributed by atoms with Crippen LogP contribution in [0.15, 0.2) is 60.8 Å². The fourth-order valence-corrected chi connectivity index (χ4v) is 6.50. The van der Waals surface area contributed by atoms with Gasteiger partial charge in [-0.05, 0) is 37.1 Å². The number of aromatic nitrogens is 2. The Bertz CT molecular complexity index is 1740. The summed E-state index contributed by atoms with van der Waals surface area (Å²) < 4.78 is 21.1. The molecule has 46 heavy (non-hydrogen) atoms. The number of β-amino-alcohol motifs (C(OH)–C–C–N with tert-alkyl or cyclic N) is 1. The zero-order valence-corrected chi connectivity index (χ0v) is 26.8. The minimum absolute atomic E-state index is 0.0862. The first kappa shape index (κ1) is 32.2. The van der Waals surface area contributed by atoms with Crippen molar-refractivity contribution in [2.24, 2.45) is 0 Å². The highest BCUT2D eigenvalue weighted by molar-refractivity contribution is 6.39. The van der Waals surface area contributed by atoms with Gasteiger partial charge in [0.1, 0.15) is 0 Å². The number of halogens is 3. The van der Waals surface area contributed by atoms with Gasteiger partial charge in [-0.2, -0.15) is 0 Å². The molecule has 240 valence electrons. The summed E-state index contributed by atoms with van der Waals surface area (Å²) in [6.07, 6.45) is 3.34. The lowest BCUT2D eigenvalue weighted by Gasteiger charge is -2.18. The van der Waals surface area contributed by atoms with Crippen LogP contribution >= 0.6 is 23.2 Å². The maximum Gasteiger partial charge on any atom is 0.220 e. The van der Waals surface area contributed by atoms with Gasteiger partial charge in [-0.1, -0.05) is 53.5 Å². The molecule has 6 rings (SSSR count). The van der Waals surface area contributed by atoms with Crippen LogP contribution in [0.25, 0.3) is 22.5 Å². The SMILES string of the molecule is COc1nc(-c2ccnc(-c3cccc(Nc4cccc(CN5CC[C@@H](O)C5)c4F)c3Cl)c2Cl)ccc1CNC[C@@H]1CCC(=O)N1. The van der Waals surface area contributed by atoms with Crippen molar-refractivity contribution in [3.8, 4) is 28.4 Å². The van der Waals surface area contributed by atoms with Crippen molar-refractivity contribution in [2.45, 2.75) is 44.5 Å². The first-order chi connectivity index (χ1) is 22.3. The van der Waals surface area contributed by atoms with Crippen LogP contribution in [-0.4, -0.2) is 64.8 Å². The van der Waals surface area contributed by atoms with Crippen molar-refractivity contribution >= 4 is 40.5 Å². The van der Waals surface area contributed by atoms with Crippen LogP contribution in [0.5, 0.6) is 5.88 Å². The minimum Gasteiger partial charge on any atom is -0.481 e. The lowest BCUT2D eigenvalue weighted by atomic mass is 10.0. The predicted molar refractivity (Wildman–Crippen MR) is 178 cm³/mol. The van der Waals surface area contributed by atoms with Crippen molar-refractivity contribution in [2.75, 3.05) is 32.1 Å². The molecule has 12 heteroatoms. The average Bonchev–Trinajstić information content (AvgIpc) is 3.67. The number of pyridine rings is 2. The van der Waals surface area contributed by atoms with Gasteiger partial charge in [0.2, 0.25) is 11.8 Å². The molecule has 0 bridgehead atoms. The molecule has 1 amide bonds. The molecule has 2 aliphatic heterocycles. The van der Waals surface area contributed by atoms with Gasteiger partial charge in [0, 0.05) is 73.6 Å². The number of carbonyl (C=O) groups is 1. The van der Waals surface area contributed by atoms with Crippen LogP contribution in [0.2, 0.25) is 10.0 Å². The number of benzene rings is 2. The molecular formula is C34H35Cl2FN6O3. The Labute approximate surface area is 277 Å². The number of rotatable bonds is 11. The van der Waals surface area contributed by atoms with Crippen LogP contribution in [0.3, 0.4) is 0 Å². The summed E-state index contributed by atoms with van der Waals surface area (Å²) in [4.78, 5) is 22.8. The van der Waals surface area contributed by atoms with Crippen molar-refractivity contribution < 1.29 is 19.0 Å². The van der Waals surface area contributed by atoms with E-state index in [0.717, 1.165) is 18.5 Å². The molecule has 2 fully saturated rings. The van der Waals surface area contributed by atoms with E-state index in [4.69, 9.17) is 32.9 Å². The zero-order valence-electron chi connectivity index (χ0n) is 25.3. The Kier molecular flexibility index (Phi) is 10.0. The second-order valence-electron chi connectivity index (χ2n) is 11.6. The van der Waals surface area contributed by atoms with E-state index in [0.29, 0.717) is 94.4 Å². The van der Waals surface area contributed by atoms with E-state index >= 15 is 4.39 Å². The van der Waals surface area contributed by atoms with Gasteiger partial charge in [-0.15, -0.1) is 0 Å². The lowest BCUT2D eigenvalue weighted by molar-refractivity contribution is -0.119. The number of hydrogen-bond acceptors (Lipinski definition) is 8. The van der Waals surface area contributed by atoms with Crippen LogP contribution in [0.4, 0.5) is 15.8 Å². The fourth-order valence-electron chi connectivity index (χ4n) is 5.92. The maximum atomic E-state index is 15.5. The Balaban J connectivity index is 1.21. The predicted octanol–water partition coefficient (Wildman–Crippen LogP) is 5.94. The standard InChI is InChI=1S/C34H35Cl2FN6O3/c1-46-34-20(16-38-17-22-9-11-29(45)40-22)8-10-26(42-34)24-12-14-39-33(31(24)36)25-5-3-6-27(30(25)35)41-28-7-2-4-21(32(28)37)18-43-15-13-23(44)19-43/h2-8,10,12,14,22-23,38,41,44H,9,11,13,15-19H2,1H3,(H,40,45)/t22-,23+/m0/s1. The number of aliphatic hydroxyl groups is 1. The summed E-state index contributed by atoms with van der Waals surface area (Å²) in [6, 6.07) is 16.3. The fraction of sp³-hybridized carbons (Fsp3) is 0.324. The Morgan fingerprint density at radius 3 is 2.63 bits per heavy atom. The van der Waals surface area contributed by atoms with Gasteiger partial charge in [0.15, 0.2) is 5.82 Å². The quantitative estimate of drug-likeness (QED) is 0.156. The molecule has 0 unspecified atom stereocenters. The van der Waals surface area contributed by atoms with Crippen LogP contribution in [0.1, 0.15) is 30.4 Å². The third-order valence-electron chi connectivity index (χ3n) is 8.33. The maximum absolute atomic E-state index is 15.5. The van der Waals surface area contributed by atoms with Crippen LogP contribution in [-0.2, 0) is 17.9 Å². The molecule has 2 aromatic heterocycles. The number of nitrogens with one attached hydrogen (secondary N) is 3. The number of methoxy groups -OCH3 is 1. The highest BCUT2D eigenvalue weighted by Crippen LogP contribution is 2.41. The first-order valence-electron chi connectivity index (χ1n) is 15.2. The van der Waals surface area contributed by atoms with E-state index in [2.05, 4.69) is 20.9 Å². The summed E-state index contributed by atoms with van der Waals surface area (Å²) in [5.41, 5.74) is 4.50. The molecule has 0 aliphatic carbocycles. The van der Waals surface area contributed by atoms with E-state index in [1.807, 2.05) is 29.2 Å². The first-order valence-corrected chi connectivity index (χ1v) is 16.0. The highest BCUT2D eigenvalue weighted by Gasteiger charge is 2.23. The van der Waals surface area contributed by atoms with Crippen molar-refractivity contribution in [3.63, 3.8) is 0 Å². The number of ether oxygens (including phenoxy) is 1. The summed E-state index contributed by atoms with van der Waals surface area (Å²) in [5, 5.41) is 20.0. The Morgan fingerprint density at radius 1 is 1.04 bits per heavy atom. The molecule has 4 aromatic rings. The van der Waals surface area contributed by atoms with Crippen molar-refractivity contribution in [3.05, 3.63) is 87.8 Å². The molecule has 2 atom stereocenters. The Hall–Kier alpha value is -3.80. The number of anilines is 2. The molecule has 2 aliphatic rings. The molecule has 2 aromatic carbocycles. The number of carbonyl (C=O) groups excluding carboxylic acids is 1. The average molecular weight is 666 g/mol. The van der Waals surface area contributed by atoms with Crippen molar-refractivity contribution in [1.29, 1.82) is 0 Å². The van der Waals surface area contributed by atoms with E-state index in [1.54, 1.807) is 43.6 Å². The van der Waals surface area contributed by atoms with Gasteiger partial charge in [-0.3, -0.25) is 14.7 Å². The summed E-state index contributed by atoms with van der Waals surface area (Å²) in [5.74, 6) is 0.180. The third-order valence-corrected chi connectivity index (χ3v) is 9.12. The molecular weight excluding hydrogens is 630 g/mol. The van der Waals surface area contributed by atoms with Crippen LogP contribution in [0, 0.1) is 5.82 Å². The van der Waals surface area contributed by atoms with Crippen molar-refractivity contribution in [1.82, 2.24) is 25.5 Å². The van der Waals surface area contributed by atoms with Gasteiger partial charge >= 0.3 is 0 Å². The number of amides is 1. The highest BCUT2D eigenvalue weighted by atomic mass is 35.5. The molecule has 4 heterocycles. The summed E-state index contributed by atoms with van der Waals surface area (Å²) >= 11 is 13.8.